The number of aromatic nitrogens is 2. The number of para-hydroxylation sites is 3. The highest BCUT2D eigenvalue weighted by molar-refractivity contribution is 5.81. The molecule has 1 N–H and O–H groups in total. The molecule has 1 fully saturated rings. The standard InChI is InChI=1S/C23H27N3O2/c1-17-9-5-8-14-21(17)28-16-22-25-19-12-6-7-13-20(19)26(22)15-23(27)24-18-10-3-2-4-11-18/h5-9,12-14,18H,2-4,10-11,15-16H2,1H3,(H,24,27). The number of nitrogens with one attached hydrogen (secondary N) is 1. The topological polar surface area (TPSA) is 56.2 Å². The van der Waals surface area contributed by atoms with Gasteiger partial charge in [0, 0.05) is 6.04 Å². The SMILES string of the molecule is Cc1ccccc1OCc1nc2ccccc2n1CC(=O)NC1CCCCC1. The number of nitrogens with zero attached hydrogens (tertiary/aromatic N) is 2. The first-order chi connectivity index (χ1) is 13.7. The summed E-state index contributed by atoms with van der Waals surface area (Å²) in [6.45, 7) is 2.62. The van der Waals surface area contributed by atoms with Crippen LogP contribution in [0.2, 0.25) is 0 Å². The maximum absolute atomic E-state index is 12.7. The van der Waals surface area contributed by atoms with E-state index in [-0.39, 0.29) is 12.5 Å². The van der Waals surface area contributed by atoms with E-state index < -0.39 is 0 Å². The molecule has 28 heavy (non-hydrogen) atoms. The lowest BCUT2D eigenvalue weighted by molar-refractivity contribution is -0.122. The maximum Gasteiger partial charge on any atom is 0.240 e. The Morgan fingerprint density at radius 1 is 1.11 bits per heavy atom. The first kappa shape index (κ1) is 18.5. The number of carbonyl (C=O) groups excluding carboxylic acids is 1. The minimum atomic E-state index is 0.0483. The van der Waals surface area contributed by atoms with Crippen molar-refractivity contribution in [3.05, 3.63) is 59.9 Å². The summed E-state index contributed by atoms with van der Waals surface area (Å²) in [6, 6.07) is 16.2. The molecule has 0 spiro atoms. The summed E-state index contributed by atoms with van der Waals surface area (Å²) in [5.74, 6) is 1.66. The molecule has 0 atom stereocenters. The molecule has 5 nitrogen and oxygen atoms in total. The molecule has 1 amide bonds. The fourth-order valence-electron chi connectivity index (χ4n) is 3.94. The molecule has 1 heterocycles. The molecule has 1 aromatic heterocycles. The lowest BCUT2D eigenvalue weighted by Gasteiger charge is -2.23. The second kappa shape index (κ2) is 8.46. The molecule has 0 bridgehead atoms. The highest BCUT2D eigenvalue weighted by Gasteiger charge is 2.18. The minimum absolute atomic E-state index is 0.0483. The number of imidazole rings is 1. The van der Waals surface area contributed by atoms with Crippen molar-refractivity contribution in [1.82, 2.24) is 14.9 Å². The summed E-state index contributed by atoms with van der Waals surface area (Å²) < 4.78 is 7.99. The molecule has 0 radical (unpaired) electrons. The number of aryl methyl sites for hydroxylation is 1. The monoisotopic (exact) mass is 377 g/mol. The summed E-state index contributed by atoms with van der Waals surface area (Å²) in [4.78, 5) is 17.4. The van der Waals surface area contributed by atoms with Crippen LogP contribution in [0.4, 0.5) is 0 Å². The number of fused-ring (bicyclic) bond motifs is 1. The zero-order valence-electron chi connectivity index (χ0n) is 16.4. The van der Waals surface area contributed by atoms with Crippen LogP contribution in [0.5, 0.6) is 5.75 Å². The Labute approximate surface area is 165 Å². The summed E-state index contributed by atoms with van der Waals surface area (Å²) in [7, 11) is 0. The van der Waals surface area contributed by atoms with Crippen LogP contribution in [-0.4, -0.2) is 21.5 Å². The van der Waals surface area contributed by atoms with Crippen molar-refractivity contribution in [2.45, 2.75) is 58.2 Å². The normalized spacial score (nSPS) is 14.9. The van der Waals surface area contributed by atoms with Gasteiger partial charge in [0.15, 0.2) is 0 Å². The van der Waals surface area contributed by atoms with Gasteiger partial charge in [-0.1, -0.05) is 49.6 Å². The predicted octanol–water partition coefficient (Wildman–Crippen LogP) is 4.37. The average Bonchev–Trinajstić information content (AvgIpc) is 3.05. The van der Waals surface area contributed by atoms with E-state index in [0.29, 0.717) is 12.6 Å². The predicted molar refractivity (Wildman–Crippen MR) is 110 cm³/mol. The third kappa shape index (κ3) is 4.19. The number of ether oxygens (including phenoxy) is 1. The maximum atomic E-state index is 12.7. The molecular formula is C23H27N3O2. The van der Waals surface area contributed by atoms with Crippen LogP contribution < -0.4 is 10.1 Å². The summed E-state index contributed by atoms with van der Waals surface area (Å²) >= 11 is 0. The molecule has 146 valence electrons. The zero-order chi connectivity index (χ0) is 19.3. The molecule has 0 unspecified atom stereocenters. The van der Waals surface area contributed by atoms with E-state index in [1.165, 1.54) is 19.3 Å². The molecular weight excluding hydrogens is 350 g/mol. The summed E-state index contributed by atoms with van der Waals surface area (Å²) in [5.41, 5.74) is 2.93. The average molecular weight is 377 g/mol. The molecule has 0 saturated heterocycles. The minimum Gasteiger partial charge on any atom is -0.485 e. The van der Waals surface area contributed by atoms with E-state index >= 15 is 0 Å². The van der Waals surface area contributed by atoms with Gasteiger partial charge in [0.2, 0.25) is 5.91 Å². The van der Waals surface area contributed by atoms with Gasteiger partial charge in [0.25, 0.3) is 0 Å². The number of benzene rings is 2. The van der Waals surface area contributed by atoms with Gasteiger partial charge in [-0.05, 0) is 43.5 Å². The number of amides is 1. The van der Waals surface area contributed by atoms with E-state index in [1.807, 2.05) is 60.0 Å². The van der Waals surface area contributed by atoms with Crippen LogP contribution >= 0.6 is 0 Å². The second-order valence-corrected chi connectivity index (χ2v) is 7.56. The third-order valence-electron chi connectivity index (χ3n) is 5.46. The Morgan fingerprint density at radius 3 is 2.68 bits per heavy atom. The molecule has 0 aliphatic heterocycles. The third-order valence-corrected chi connectivity index (χ3v) is 5.46. The Kier molecular flexibility index (Phi) is 5.60. The molecule has 1 saturated carbocycles. The van der Waals surface area contributed by atoms with Crippen LogP contribution in [0.25, 0.3) is 11.0 Å². The van der Waals surface area contributed by atoms with Gasteiger partial charge in [-0.2, -0.15) is 0 Å². The van der Waals surface area contributed by atoms with Crippen LogP contribution in [0, 0.1) is 6.92 Å². The van der Waals surface area contributed by atoms with Crippen molar-refractivity contribution in [3.8, 4) is 5.75 Å². The van der Waals surface area contributed by atoms with Gasteiger partial charge in [-0.15, -0.1) is 0 Å². The number of hydrogen-bond acceptors (Lipinski definition) is 3. The highest BCUT2D eigenvalue weighted by Crippen LogP contribution is 2.21. The largest absolute Gasteiger partial charge is 0.485 e. The zero-order valence-corrected chi connectivity index (χ0v) is 16.4. The molecule has 2 aromatic carbocycles. The van der Waals surface area contributed by atoms with Crippen LogP contribution in [0.1, 0.15) is 43.5 Å². The van der Waals surface area contributed by atoms with Crippen molar-refractivity contribution in [1.29, 1.82) is 0 Å². The van der Waals surface area contributed by atoms with Gasteiger partial charge < -0.3 is 14.6 Å². The van der Waals surface area contributed by atoms with Crippen LogP contribution in [0.3, 0.4) is 0 Å². The lowest BCUT2D eigenvalue weighted by Crippen LogP contribution is -2.38. The van der Waals surface area contributed by atoms with Crippen molar-refractivity contribution >= 4 is 16.9 Å². The van der Waals surface area contributed by atoms with E-state index in [2.05, 4.69) is 5.32 Å². The van der Waals surface area contributed by atoms with E-state index in [9.17, 15) is 4.79 Å². The summed E-state index contributed by atoms with van der Waals surface area (Å²) in [5, 5.41) is 3.20. The van der Waals surface area contributed by atoms with Crippen molar-refractivity contribution in [3.63, 3.8) is 0 Å². The first-order valence-corrected chi connectivity index (χ1v) is 10.1. The fourth-order valence-corrected chi connectivity index (χ4v) is 3.94. The number of carbonyl (C=O) groups is 1. The number of rotatable bonds is 6. The van der Waals surface area contributed by atoms with Crippen LogP contribution in [-0.2, 0) is 17.9 Å². The smallest absolute Gasteiger partial charge is 0.240 e. The van der Waals surface area contributed by atoms with Gasteiger partial charge in [-0.25, -0.2) is 4.98 Å². The van der Waals surface area contributed by atoms with Crippen LogP contribution in [0.15, 0.2) is 48.5 Å². The van der Waals surface area contributed by atoms with Crippen molar-refractivity contribution < 1.29 is 9.53 Å². The van der Waals surface area contributed by atoms with Gasteiger partial charge in [-0.3, -0.25) is 4.79 Å². The lowest BCUT2D eigenvalue weighted by atomic mass is 9.95. The quantitative estimate of drug-likeness (QED) is 0.694. The molecule has 1 aliphatic rings. The molecule has 5 heteroatoms. The van der Waals surface area contributed by atoms with Crippen molar-refractivity contribution in [2.75, 3.05) is 0 Å². The first-order valence-electron chi connectivity index (χ1n) is 10.1. The van der Waals surface area contributed by atoms with Gasteiger partial charge in [0.05, 0.1) is 11.0 Å². The summed E-state index contributed by atoms with van der Waals surface area (Å²) in [6.07, 6.45) is 5.85. The van der Waals surface area contributed by atoms with Gasteiger partial charge >= 0.3 is 0 Å². The van der Waals surface area contributed by atoms with Gasteiger partial charge in [0.1, 0.15) is 24.7 Å². The van der Waals surface area contributed by atoms with E-state index in [0.717, 1.165) is 41.0 Å². The van der Waals surface area contributed by atoms with E-state index in [1.54, 1.807) is 0 Å². The Balaban J connectivity index is 1.53. The highest BCUT2D eigenvalue weighted by atomic mass is 16.5. The van der Waals surface area contributed by atoms with E-state index in [4.69, 9.17) is 9.72 Å². The Bertz CT molecular complexity index is 957. The Morgan fingerprint density at radius 2 is 1.86 bits per heavy atom. The number of hydrogen-bond donors (Lipinski definition) is 1. The molecule has 4 rings (SSSR count). The molecule has 1 aliphatic carbocycles. The van der Waals surface area contributed by atoms with Crippen molar-refractivity contribution in [2.24, 2.45) is 0 Å². The fraction of sp³-hybridized carbons (Fsp3) is 0.391. The second-order valence-electron chi connectivity index (χ2n) is 7.56. The Hall–Kier alpha value is -2.82. The molecule has 3 aromatic rings.